The van der Waals surface area contributed by atoms with Crippen LogP contribution < -0.4 is 25.3 Å². The van der Waals surface area contributed by atoms with Crippen molar-refractivity contribution < 1.29 is 19.0 Å². The summed E-state index contributed by atoms with van der Waals surface area (Å²) in [7, 11) is 4.62. The van der Waals surface area contributed by atoms with Crippen LogP contribution in [0.3, 0.4) is 0 Å². The van der Waals surface area contributed by atoms with Gasteiger partial charge in [0.25, 0.3) is 5.91 Å². The second kappa shape index (κ2) is 7.65. The lowest BCUT2D eigenvalue weighted by Crippen LogP contribution is -2.15. The van der Waals surface area contributed by atoms with Crippen LogP contribution in [0.4, 0.5) is 11.5 Å². The van der Waals surface area contributed by atoms with E-state index in [2.05, 4.69) is 15.6 Å². The molecule has 9 nitrogen and oxygen atoms in total. The number of carbonyl (C=O) groups is 1. The number of rotatable bonds is 6. The topological polar surface area (TPSA) is 114 Å². The Morgan fingerprint density at radius 1 is 1.00 bits per heavy atom. The van der Waals surface area contributed by atoms with Gasteiger partial charge in [-0.25, -0.2) is 0 Å². The summed E-state index contributed by atoms with van der Waals surface area (Å²) >= 11 is 0. The summed E-state index contributed by atoms with van der Waals surface area (Å²) in [5, 5.41) is 10.6. The first kappa shape index (κ1) is 18.1. The van der Waals surface area contributed by atoms with E-state index in [9.17, 15) is 4.79 Å². The molecule has 1 amide bonds. The first-order chi connectivity index (χ1) is 13.1. The zero-order valence-corrected chi connectivity index (χ0v) is 15.1. The summed E-state index contributed by atoms with van der Waals surface area (Å²) in [5.41, 5.74) is 7.19. The SMILES string of the molecule is COc1ccc(-n2nnc(C(=O)Nc3ccc(OC)cc3OC)c2N)cc1. The molecule has 1 heterocycles. The van der Waals surface area contributed by atoms with Gasteiger partial charge in [0.1, 0.15) is 17.2 Å². The number of nitrogens with two attached hydrogens (primary N) is 1. The van der Waals surface area contributed by atoms with Crippen LogP contribution in [-0.4, -0.2) is 42.2 Å². The van der Waals surface area contributed by atoms with Gasteiger partial charge in [-0.2, -0.15) is 4.68 Å². The fourth-order valence-electron chi connectivity index (χ4n) is 2.45. The Kier molecular flexibility index (Phi) is 5.11. The molecule has 0 bridgehead atoms. The highest BCUT2D eigenvalue weighted by atomic mass is 16.5. The molecule has 0 fully saturated rings. The monoisotopic (exact) mass is 369 g/mol. The molecule has 0 spiro atoms. The van der Waals surface area contributed by atoms with Crippen LogP contribution in [0.5, 0.6) is 17.2 Å². The molecule has 3 rings (SSSR count). The van der Waals surface area contributed by atoms with Crippen molar-refractivity contribution in [1.29, 1.82) is 0 Å². The van der Waals surface area contributed by atoms with Gasteiger partial charge in [0.2, 0.25) is 0 Å². The van der Waals surface area contributed by atoms with Gasteiger partial charge in [-0.1, -0.05) is 5.21 Å². The van der Waals surface area contributed by atoms with Crippen LogP contribution in [0.1, 0.15) is 10.5 Å². The smallest absolute Gasteiger partial charge is 0.280 e. The molecule has 0 atom stereocenters. The van der Waals surface area contributed by atoms with E-state index in [1.807, 2.05) is 0 Å². The third kappa shape index (κ3) is 3.61. The fraction of sp³-hybridized carbons (Fsp3) is 0.167. The Balaban J connectivity index is 1.85. The number of ether oxygens (including phenoxy) is 3. The molecule has 0 aliphatic heterocycles. The molecule has 140 valence electrons. The van der Waals surface area contributed by atoms with E-state index in [1.54, 1.807) is 56.7 Å². The zero-order chi connectivity index (χ0) is 19.4. The maximum absolute atomic E-state index is 12.6. The van der Waals surface area contributed by atoms with E-state index in [-0.39, 0.29) is 11.5 Å². The van der Waals surface area contributed by atoms with Crippen molar-refractivity contribution in [3.63, 3.8) is 0 Å². The summed E-state index contributed by atoms with van der Waals surface area (Å²) in [6.45, 7) is 0. The van der Waals surface area contributed by atoms with Crippen LogP contribution >= 0.6 is 0 Å². The number of nitrogens with one attached hydrogen (secondary N) is 1. The summed E-state index contributed by atoms with van der Waals surface area (Å²) in [4.78, 5) is 12.6. The van der Waals surface area contributed by atoms with Gasteiger partial charge in [0, 0.05) is 6.07 Å². The molecule has 0 radical (unpaired) electrons. The van der Waals surface area contributed by atoms with Gasteiger partial charge in [-0.3, -0.25) is 4.79 Å². The van der Waals surface area contributed by atoms with Crippen LogP contribution in [0.25, 0.3) is 5.69 Å². The number of methoxy groups -OCH3 is 3. The van der Waals surface area contributed by atoms with Crippen molar-refractivity contribution in [2.24, 2.45) is 0 Å². The van der Waals surface area contributed by atoms with E-state index in [1.165, 1.54) is 11.8 Å². The fourth-order valence-corrected chi connectivity index (χ4v) is 2.45. The van der Waals surface area contributed by atoms with Gasteiger partial charge >= 0.3 is 0 Å². The van der Waals surface area contributed by atoms with Crippen molar-refractivity contribution in [3.05, 3.63) is 48.2 Å². The Hall–Kier alpha value is -3.75. The highest BCUT2D eigenvalue weighted by Crippen LogP contribution is 2.29. The molecule has 3 N–H and O–H groups in total. The Morgan fingerprint density at radius 3 is 2.30 bits per heavy atom. The van der Waals surface area contributed by atoms with E-state index in [4.69, 9.17) is 19.9 Å². The lowest BCUT2D eigenvalue weighted by Gasteiger charge is -2.11. The number of amides is 1. The number of nitrogen functional groups attached to an aromatic ring is 1. The third-order valence-corrected chi connectivity index (χ3v) is 3.89. The summed E-state index contributed by atoms with van der Waals surface area (Å²) in [6, 6.07) is 12.1. The van der Waals surface area contributed by atoms with Crippen molar-refractivity contribution in [1.82, 2.24) is 15.0 Å². The van der Waals surface area contributed by atoms with Crippen LogP contribution in [-0.2, 0) is 0 Å². The molecule has 3 aromatic rings. The van der Waals surface area contributed by atoms with E-state index in [0.29, 0.717) is 28.6 Å². The van der Waals surface area contributed by atoms with Gasteiger partial charge in [-0.05, 0) is 36.4 Å². The van der Waals surface area contributed by atoms with E-state index >= 15 is 0 Å². The maximum atomic E-state index is 12.6. The number of anilines is 2. The molecule has 0 aliphatic rings. The molecule has 27 heavy (non-hydrogen) atoms. The largest absolute Gasteiger partial charge is 0.497 e. The first-order valence-electron chi connectivity index (χ1n) is 7.96. The number of aromatic nitrogens is 3. The Bertz CT molecular complexity index is 953. The minimum Gasteiger partial charge on any atom is -0.497 e. The van der Waals surface area contributed by atoms with Crippen molar-refractivity contribution >= 4 is 17.4 Å². The van der Waals surface area contributed by atoms with E-state index in [0.717, 1.165) is 0 Å². The maximum Gasteiger partial charge on any atom is 0.280 e. The quantitative estimate of drug-likeness (QED) is 0.684. The number of carbonyl (C=O) groups excluding carboxylic acids is 1. The molecule has 0 saturated heterocycles. The molecule has 0 unspecified atom stereocenters. The molecule has 0 aliphatic carbocycles. The first-order valence-corrected chi connectivity index (χ1v) is 7.96. The molecular weight excluding hydrogens is 350 g/mol. The van der Waals surface area contributed by atoms with Gasteiger partial charge in [-0.15, -0.1) is 5.10 Å². The number of benzene rings is 2. The molecule has 1 aromatic heterocycles. The molecular formula is C18H19N5O4. The Morgan fingerprint density at radius 2 is 1.67 bits per heavy atom. The summed E-state index contributed by atoms with van der Waals surface area (Å²) in [5.74, 6) is 1.36. The number of nitrogens with zero attached hydrogens (tertiary/aromatic N) is 3. The predicted molar refractivity (Wildman–Crippen MR) is 99.8 cm³/mol. The summed E-state index contributed by atoms with van der Waals surface area (Å²) < 4.78 is 16.9. The molecule has 0 saturated carbocycles. The van der Waals surface area contributed by atoms with Gasteiger partial charge < -0.3 is 25.3 Å². The Labute approximate surface area is 155 Å². The van der Waals surface area contributed by atoms with Gasteiger partial charge in [0.05, 0.1) is 32.7 Å². The average molecular weight is 369 g/mol. The van der Waals surface area contributed by atoms with E-state index < -0.39 is 5.91 Å². The molecule has 2 aromatic carbocycles. The summed E-state index contributed by atoms with van der Waals surface area (Å²) in [6.07, 6.45) is 0. The minimum atomic E-state index is -0.504. The number of hydrogen-bond donors (Lipinski definition) is 2. The standard InChI is InChI=1S/C18H19N5O4/c1-25-12-6-4-11(5-7-12)23-17(19)16(21-22-23)18(24)20-14-9-8-13(26-2)10-15(14)27-3/h4-10H,19H2,1-3H3,(H,20,24). The van der Waals surface area contributed by atoms with Crippen molar-refractivity contribution in [2.45, 2.75) is 0 Å². The lowest BCUT2D eigenvalue weighted by atomic mass is 10.2. The predicted octanol–water partition coefficient (Wildman–Crippen LogP) is 2.13. The van der Waals surface area contributed by atoms with Crippen LogP contribution in [0.2, 0.25) is 0 Å². The minimum absolute atomic E-state index is 0.00342. The third-order valence-electron chi connectivity index (χ3n) is 3.89. The zero-order valence-electron chi connectivity index (χ0n) is 15.1. The van der Waals surface area contributed by atoms with Crippen LogP contribution in [0, 0.1) is 0 Å². The number of hydrogen-bond acceptors (Lipinski definition) is 7. The van der Waals surface area contributed by atoms with Crippen molar-refractivity contribution in [3.8, 4) is 22.9 Å². The lowest BCUT2D eigenvalue weighted by molar-refractivity contribution is 0.102. The highest BCUT2D eigenvalue weighted by molar-refractivity contribution is 6.06. The highest BCUT2D eigenvalue weighted by Gasteiger charge is 2.20. The average Bonchev–Trinajstić information content (AvgIpc) is 3.09. The second-order valence-electron chi connectivity index (χ2n) is 5.45. The van der Waals surface area contributed by atoms with Crippen molar-refractivity contribution in [2.75, 3.05) is 32.4 Å². The molecule has 9 heteroatoms. The van der Waals surface area contributed by atoms with Gasteiger partial charge in [0.15, 0.2) is 11.5 Å². The normalized spacial score (nSPS) is 10.3. The second-order valence-corrected chi connectivity index (χ2v) is 5.45. The van der Waals surface area contributed by atoms with Crippen LogP contribution in [0.15, 0.2) is 42.5 Å².